The van der Waals surface area contributed by atoms with Gasteiger partial charge in [0.1, 0.15) is 29.6 Å². The maximum absolute atomic E-state index is 5.87. The van der Waals surface area contributed by atoms with E-state index in [2.05, 4.69) is 15.1 Å². The molecule has 3 heterocycles. The van der Waals surface area contributed by atoms with Crippen molar-refractivity contribution < 1.29 is 9.26 Å². The number of aromatic nitrogens is 4. The van der Waals surface area contributed by atoms with Gasteiger partial charge in [0, 0.05) is 30.2 Å². The Bertz CT molecular complexity index is 992. The molecule has 4 aromatic rings. The average molecular weight is 346 g/mol. The first-order chi connectivity index (χ1) is 12.8. The standard InChI is InChI=1S/C20H18N4O2/c1-15-11-18(23-26-15)13-24-10-9-22-20(24)16-5-4-7-19(12-16)25-14-17-6-2-3-8-21-17/h2-12H,13-14H2,1H3. The highest BCUT2D eigenvalue weighted by Gasteiger charge is 2.10. The molecule has 0 aliphatic carbocycles. The van der Waals surface area contributed by atoms with Crippen molar-refractivity contribution in [3.63, 3.8) is 0 Å². The van der Waals surface area contributed by atoms with Crippen molar-refractivity contribution in [2.75, 3.05) is 0 Å². The second kappa shape index (κ2) is 7.23. The van der Waals surface area contributed by atoms with E-state index in [1.165, 1.54) is 0 Å². The molecule has 0 N–H and O–H groups in total. The fraction of sp³-hybridized carbons (Fsp3) is 0.150. The Balaban J connectivity index is 1.52. The molecule has 130 valence electrons. The normalized spacial score (nSPS) is 10.8. The number of rotatable bonds is 6. The second-order valence-electron chi connectivity index (χ2n) is 5.95. The molecular weight excluding hydrogens is 328 g/mol. The van der Waals surface area contributed by atoms with Crippen molar-refractivity contribution >= 4 is 0 Å². The van der Waals surface area contributed by atoms with Gasteiger partial charge in [0.25, 0.3) is 0 Å². The number of imidazole rings is 1. The van der Waals surface area contributed by atoms with Gasteiger partial charge in [-0.2, -0.15) is 0 Å². The highest BCUT2D eigenvalue weighted by Crippen LogP contribution is 2.24. The van der Waals surface area contributed by atoms with Gasteiger partial charge in [0.05, 0.1) is 12.2 Å². The van der Waals surface area contributed by atoms with E-state index in [4.69, 9.17) is 9.26 Å². The van der Waals surface area contributed by atoms with E-state index in [1.807, 2.05) is 66.2 Å². The summed E-state index contributed by atoms with van der Waals surface area (Å²) in [6.07, 6.45) is 5.47. The Morgan fingerprint density at radius 1 is 1.00 bits per heavy atom. The molecule has 0 fully saturated rings. The van der Waals surface area contributed by atoms with Crippen molar-refractivity contribution in [3.05, 3.63) is 84.3 Å². The number of hydrogen-bond donors (Lipinski definition) is 0. The number of hydrogen-bond acceptors (Lipinski definition) is 5. The third-order valence-electron chi connectivity index (χ3n) is 3.93. The lowest BCUT2D eigenvalue weighted by Crippen LogP contribution is -2.02. The minimum Gasteiger partial charge on any atom is -0.487 e. The summed E-state index contributed by atoms with van der Waals surface area (Å²) in [4.78, 5) is 8.76. The van der Waals surface area contributed by atoms with Gasteiger partial charge < -0.3 is 13.8 Å². The summed E-state index contributed by atoms with van der Waals surface area (Å²) in [5.74, 6) is 2.43. The molecule has 0 spiro atoms. The van der Waals surface area contributed by atoms with E-state index in [-0.39, 0.29) is 0 Å². The van der Waals surface area contributed by atoms with E-state index in [0.717, 1.165) is 34.3 Å². The quantitative estimate of drug-likeness (QED) is 0.530. The number of pyridine rings is 1. The van der Waals surface area contributed by atoms with Crippen LogP contribution in [0.2, 0.25) is 0 Å². The van der Waals surface area contributed by atoms with Crippen LogP contribution in [-0.2, 0) is 13.2 Å². The molecule has 4 rings (SSSR count). The SMILES string of the molecule is Cc1cc(Cn2ccnc2-c2cccc(OCc3ccccn3)c2)no1. The second-order valence-corrected chi connectivity index (χ2v) is 5.95. The van der Waals surface area contributed by atoms with Crippen molar-refractivity contribution in [3.8, 4) is 17.1 Å². The number of benzene rings is 1. The van der Waals surface area contributed by atoms with Gasteiger partial charge in [-0.25, -0.2) is 4.98 Å². The zero-order valence-electron chi connectivity index (χ0n) is 14.4. The van der Waals surface area contributed by atoms with Gasteiger partial charge in [-0.1, -0.05) is 23.4 Å². The third-order valence-corrected chi connectivity index (χ3v) is 3.93. The van der Waals surface area contributed by atoms with Crippen LogP contribution in [0.4, 0.5) is 0 Å². The molecule has 0 aliphatic heterocycles. The smallest absolute Gasteiger partial charge is 0.140 e. The van der Waals surface area contributed by atoms with Crippen LogP contribution in [0.5, 0.6) is 5.75 Å². The summed E-state index contributed by atoms with van der Waals surface area (Å²) in [7, 11) is 0. The molecular formula is C20H18N4O2. The first-order valence-electron chi connectivity index (χ1n) is 8.34. The Morgan fingerprint density at radius 2 is 1.96 bits per heavy atom. The third kappa shape index (κ3) is 3.64. The van der Waals surface area contributed by atoms with Gasteiger partial charge in [0.2, 0.25) is 0 Å². The van der Waals surface area contributed by atoms with Gasteiger partial charge in [-0.15, -0.1) is 0 Å². The van der Waals surface area contributed by atoms with Crippen LogP contribution in [0.15, 0.2) is 71.6 Å². The Kier molecular flexibility index (Phi) is 4.47. The average Bonchev–Trinajstić information content (AvgIpc) is 3.30. The lowest BCUT2D eigenvalue weighted by molar-refractivity contribution is 0.301. The van der Waals surface area contributed by atoms with Crippen LogP contribution in [0.3, 0.4) is 0 Å². The molecule has 3 aromatic heterocycles. The molecule has 6 nitrogen and oxygen atoms in total. The zero-order valence-corrected chi connectivity index (χ0v) is 14.4. The van der Waals surface area contributed by atoms with Gasteiger partial charge in [-0.3, -0.25) is 4.98 Å². The Labute approximate surface area is 151 Å². The first-order valence-corrected chi connectivity index (χ1v) is 8.34. The van der Waals surface area contributed by atoms with E-state index in [0.29, 0.717) is 13.2 Å². The highest BCUT2D eigenvalue weighted by molar-refractivity contribution is 5.58. The predicted octanol–water partition coefficient (Wildman–Crippen LogP) is 3.87. The zero-order chi connectivity index (χ0) is 17.8. The molecule has 26 heavy (non-hydrogen) atoms. The Hall–Kier alpha value is -3.41. The molecule has 0 bridgehead atoms. The summed E-state index contributed by atoms with van der Waals surface area (Å²) in [6.45, 7) is 2.91. The topological polar surface area (TPSA) is 66.0 Å². The summed E-state index contributed by atoms with van der Waals surface area (Å²) >= 11 is 0. The number of aryl methyl sites for hydroxylation is 1. The molecule has 0 amide bonds. The minimum atomic E-state index is 0.428. The van der Waals surface area contributed by atoms with Crippen LogP contribution in [0.25, 0.3) is 11.4 Å². The van der Waals surface area contributed by atoms with Gasteiger partial charge in [0.15, 0.2) is 0 Å². The molecule has 0 radical (unpaired) electrons. The van der Waals surface area contributed by atoms with E-state index < -0.39 is 0 Å². The van der Waals surface area contributed by atoms with Crippen LogP contribution in [-0.4, -0.2) is 19.7 Å². The summed E-state index contributed by atoms with van der Waals surface area (Å²) in [5, 5.41) is 4.05. The van der Waals surface area contributed by atoms with Crippen LogP contribution in [0.1, 0.15) is 17.1 Å². The summed E-state index contributed by atoms with van der Waals surface area (Å²) < 4.78 is 13.0. The Morgan fingerprint density at radius 3 is 2.77 bits per heavy atom. The van der Waals surface area contributed by atoms with Crippen LogP contribution >= 0.6 is 0 Å². The fourth-order valence-electron chi connectivity index (χ4n) is 2.73. The van der Waals surface area contributed by atoms with E-state index in [1.54, 1.807) is 12.4 Å². The first kappa shape index (κ1) is 16.1. The molecule has 0 atom stereocenters. The molecule has 0 aliphatic rings. The molecule has 1 aromatic carbocycles. The van der Waals surface area contributed by atoms with E-state index >= 15 is 0 Å². The van der Waals surface area contributed by atoms with Gasteiger partial charge in [-0.05, 0) is 31.2 Å². The maximum Gasteiger partial charge on any atom is 0.140 e. The maximum atomic E-state index is 5.87. The van der Waals surface area contributed by atoms with Crippen molar-refractivity contribution in [1.82, 2.24) is 19.7 Å². The fourth-order valence-corrected chi connectivity index (χ4v) is 2.73. The van der Waals surface area contributed by atoms with Crippen LogP contribution < -0.4 is 4.74 Å². The summed E-state index contributed by atoms with van der Waals surface area (Å²) in [6, 6.07) is 15.6. The van der Waals surface area contributed by atoms with Crippen molar-refractivity contribution in [2.45, 2.75) is 20.1 Å². The van der Waals surface area contributed by atoms with Crippen LogP contribution in [0, 0.1) is 6.92 Å². The number of nitrogens with zero attached hydrogens (tertiary/aromatic N) is 4. The summed E-state index contributed by atoms with van der Waals surface area (Å²) in [5.41, 5.74) is 2.74. The molecule has 0 saturated carbocycles. The van der Waals surface area contributed by atoms with E-state index in [9.17, 15) is 0 Å². The van der Waals surface area contributed by atoms with Crippen molar-refractivity contribution in [2.24, 2.45) is 0 Å². The van der Waals surface area contributed by atoms with Gasteiger partial charge >= 0.3 is 0 Å². The monoisotopic (exact) mass is 346 g/mol. The minimum absolute atomic E-state index is 0.428. The number of ether oxygens (including phenoxy) is 1. The van der Waals surface area contributed by atoms with Crippen molar-refractivity contribution in [1.29, 1.82) is 0 Å². The molecule has 0 unspecified atom stereocenters. The molecule has 6 heteroatoms. The molecule has 0 saturated heterocycles. The lowest BCUT2D eigenvalue weighted by atomic mass is 10.2. The predicted molar refractivity (Wildman–Crippen MR) is 96.6 cm³/mol. The largest absolute Gasteiger partial charge is 0.487 e. The lowest BCUT2D eigenvalue weighted by Gasteiger charge is -2.09. The highest BCUT2D eigenvalue weighted by atomic mass is 16.5.